The van der Waals surface area contributed by atoms with Gasteiger partial charge in [-0.2, -0.15) is 0 Å². The monoisotopic (exact) mass is 414 g/mol. The van der Waals surface area contributed by atoms with Gasteiger partial charge in [-0.15, -0.1) is 0 Å². The Bertz CT molecular complexity index is 1030. The predicted molar refractivity (Wildman–Crippen MR) is 101 cm³/mol. The molecule has 7 heteroatoms. The number of halogens is 1. The number of nitrogens with two attached hydrogens (primary N) is 1. The highest BCUT2D eigenvalue weighted by atomic mass is 79.9. The molecular weight excluding hydrogens is 400 g/mol. The molecule has 26 heavy (non-hydrogen) atoms. The number of fused-ring (bicyclic) bond motifs is 1. The minimum atomic E-state index is -0.751. The Morgan fingerprint density at radius 3 is 2.46 bits per heavy atom. The molecule has 1 heterocycles. The molecule has 0 saturated heterocycles. The number of benzene rings is 2. The van der Waals surface area contributed by atoms with Crippen molar-refractivity contribution >= 4 is 38.7 Å². The first-order valence-corrected chi connectivity index (χ1v) is 8.58. The molecule has 3 rings (SSSR count). The molecule has 1 aromatic heterocycles. The van der Waals surface area contributed by atoms with Crippen LogP contribution in [0.5, 0.6) is 0 Å². The molecule has 0 unspecified atom stereocenters. The Labute approximate surface area is 157 Å². The largest absolute Gasteiger partial charge is 0.422 e. The fourth-order valence-electron chi connectivity index (χ4n) is 2.58. The number of carbonyl (C=O) groups excluding carboxylic acids is 2. The number of carbonyl (C=O) groups is 2. The molecule has 0 radical (unpaired) electrons. The molecule has 0 aliphatic heterocycles. The molecule has 3 aromatic rings. The van der Waals surface area contributed by atoms with Gasteiger partial charge in [0.15, 0.2) is 0 Å². The summed E-state index contributed by atoms with van der Waals surface area (Å²) in [4.78, 5) is 37.7. The Morgan fingerprint density at radius 1 is 1.08 bits per heavy atom. The van der Waals surface area contributed by atoms with Crippen molar-refractivity contribution in [3.8, 4) is 0 Å². The maximum atomic E-state index is 12.9. The molecular formula is C19H15BrN2O4. The Balaban J connectivity index is 1.96. The number of hydrogen-bond acceptors (Lipinski definition) is 4. The summed E-state index contributed by atoms with van der Waals surface area (Å²) in [6, 6.07) is 15.6. The van der Waals surface area contributed by atoms with Gasteiger partial charge in [0, 0.05) is 16.4 Å². The van der Waals surface area contributed by atoms with Crippen molar-refractivity contribution in [2.75, 3.05) is 6.54 Å². The third kappa shape index (κ3) is 4.00. The minimum absolute atomic E-state index is 0.137. The molecule has 2 aromatic carbocycles. The van der Waals surface area contributed by atoms with Crippen LogP contribution in [0.15, 0.2) is 68.3 Å². The summed E-state index contributed by atoms with van der Waals surface area (Å²) in [7, 11) is 0. The van der Waals surface area contributed by atoms with Crippen molar-refractivity contribution in [3.63, 3.8) is 0 Å². The zero-order valence-corrected chi connectivity index (χ0v) is 15.2. The van der Waals surface area contributed by atoms with E-state index < -0.39 is 17.4 Å². The van der Waals surface area contributed by atoms with E-state index in [0.29, 0.717) is 11.0 Å². The summed E-state index contributed by atoms with van der Waals surface area (Å²) < 4.78 is 6.10. The lowest BCUT2D eigenvalue weighted by Crippen LogP contribution is -2.39. The van der Waals surface area contributed by atoms with E-state index in [1.165, 1.54) is 11.0 Å². The third-order valence-corrected chi connectivity index (χ3v) is 4.32. The van der Waals surface area contributed by atoms with Gasteiger partial charge in [-0.25, -0.2) is 4.79 Å². The van der Waals surface area contributed by atoms with E-state index in [4.69, 9.17) is 10.2 Å². The van der Waals surface area contributed by atoms with E-state index in [-0.39, 0.29) is 18.7 Å². The van der Waals surface area contributed by atoms with E-state index in [1.54, 1.807) is 24.3 Å². The maximum absolute atomic E-state index is 12.9. The molecule has 2 N–H and O–H groups in total. The topological polar surface area (TPSA) is 93.6 Å². The summed E-state index contributed by atoms with van der Waals surface area (Å²) in [5, 5.41) is 0.623. The number of primary amides is 1. The van der Waals surface area contributed by atoms with Gasteiger partial charge in [-0.05, 0) is 29.8 Å². The van der Waals surface area contributed by atoms with Crippen molar-refractivity contribution in [1.29, 1.82) is 0 Å². The normalized spacial score (nSPS) is 10.7. The zero-order valence-electron chi connectivity index (χ0n) is 13.6. The predicted octanol–water partition coefficient (Wildman–Crippen LogP) is 2.68. The van der Waals surface area contributed by atoms with E-state index in [9.17, 15) is 14.4 Å². The van der Waals surface area contributed by atoms with E-state index in [1.807, 2.05) is 24.3 Å². The van der Waals surface area contributed by atoms with Crippen LogP contribution in [0.25, 0.3) is 11.0 Å². The second-order valence-corrected chi connectivity index (χ2v) is 6.66. The van der Waals surface area contributed by atoms with Crippen molar-refractivity contribution in [1.82, 2.24) is 4.90 Å². The summed E-state index contributed by atoms with van der Waals surface area (Å²) in [5.41, 5.74) is 5.58. The summed E-state index contributed by atoms with van der Waals surface area (Å²) in [5.74, 6) is -1.27. The van der Waals surface area contributed by atoms with Crippen LogP contribution in [0.2, 0.25) is 0 Å². The average Bonchev–Trinajstić information content (AvgIpc) is 2.61. The lowest BCUT2D eigenvalue weighted by molar-refractivity contribution is -0.118. The SMILES string of the molecule is NC(=O)CN(Cc1ccc(Br)cc1)C(=O)c1cc2ccccc2oc1=O. The average molecular weight is 415 g/mol. The smallest absolute Gasteiger partial charge is 0.349 e. The Hall–Kier alpha value is -2.93. The van der Waals surface area contributed by atoms with Crippen LogP contribution in [-0.2, 0) is 11.3 Å². The number of amides is 2. The van der Waals surface area contributed by atoms with Crippen LogP contribution in [0.3, 0.4) is 0 Å². The van der Waals surface area contributed by atoms with Gasteiger partial charge in [0.05, 0.1) is 6.54 Å². The highest BCUT2D eigenvalue weighted by Gasteiger charge is 2.22. The standard InChI is InChI=1S/C19H15BrN2O4/c20-14-7-5-12(6-8-14)10-22(11-17(21)23)18(24)15-9-13-3-1-2-4-16(13)26-19(15)25/h1-9H,10-11H2,(H2,21,23). The van der Waals surface area contributed by atoms with Gasteiger partial charge >= 0.3 is 5.63 Å². The quantitative estimate of drug-likeness (QED) is 0.649. The zero-order chi connectivity index (χ0) is 18.7. The van der Waals surface area contributed by atoms with Gasteiger partial charge in [-0.1, -0.05) is 46.3 Å². The molecule has 0 atom stereocenters. The van der Waals surface area contributed by atoms with Gasteiger partial charge < -0.3 is 15.1 Å². The minimum Gasteiger partial charge on any atom is -0.422 e. The highest BCUT2D eigenvalue weighted by molar-refractivity contribution is 9.10. The summed E-state index contributed by atoms with van der Waals surface area (Å²) in [6.07, 6.45) is 0. The van der Waals surface area contributed by atoms with Gasteiger partial charge in [0.2, 0.25) is 5.91 Å². The van der Waals surface area contributed by atoms with Crippen LogP contribution < -0.4 is 11.4 Å². The van der Waals surface area contributed by atoms with E-state index >= 15 is 0 Å². The number of rotatable bonds is 5. The third-order valence-electron chi connectivity index (χ3n) is 3.79. The first-order valence-electron chi connectivity index (χ1n) is 7.79. The van der Waals surface area contributed by atoms with Crippen LogP contribution in [-0.4, -0.2) is 23.3 Å². The van der Waals surface area contributed by atoms with Crippen LogP contribution in [0, 0.1) is 0 Å². The lowest BCUT2D eigenvalue weighted by atomic mass is 10.1. The molecule has 0 saturated carbocycles. The van der Waals surface area contributed by atoms with Crippen LogP contribution in [0.1, 0.15) is 15.9 Å². The number of hydrogen-bond donors (Lipinski definition) is 1. The molecule has 0 spiro atoms. The molecule has 0 aliphatic rings. The van der Waals surface area contributed by atoms with Crippen molar-refractivity contribution in [3.05, 3.63) is 80.6 Å². The van der Waals surface area contributed by atoms with Crippen molar-refractivity contribution in [2.24, 2.45) is 5.73 Å². The Morgan fingerprint density at radius 2 is 1.77 bits per heavy atom. The van der Waals surface area contributed by atoms with Gasteiger partial charge in [0.25, 0.3) is 5.91 Å². The van der Waals surface area contributed by atoms with Crippen molar-refractivity contribution < 1.29 is 14.0 Å². The maximum Gasteiger partial charge on any atom is 0.349 e. The molecule has 0 bridgehead atoms. The molecule has 0 fully saturated rings. The summed E-state index contributed by atoms with van der Waals surface area (Å²) >= 11 is 3.34. The van der Waals surface area contributed by atoms with Crippen molar-refractivity contribution in [2.45, 2.75) is 6.54 Å². The second kappa shape index (κ2) is 7.53. The van der Waals surface area contributed by atoms with Crippen LogP contribution in [0.4, 0.5) is 0 Å². The number of nitrogens with zero attached hydrogens (tertiary/aromatic N) is 1. The first-order chi connectivity index (χ1) is 12.4. The summed E-state index contributed by atoms with van der Waals surface area (Å²) in [6.45, 7) is -0.164. The molecule has 2 amide bonds. The molecule has 132 valence electrons. The molecule has 0 aliphatic carbocycles. The number of para-hydroxylation sites is 1. The van der Waals surface area contributed by atoms with Crippen LogP contribution >= 0.6 is 15.9 Å². The fourth-order valence-corrected chi connectivity index (χ4v) is 2.84. The van der Waals surface area contributed by atoms with Gasteiger partial charge in [-0.3, -0.25) is 9.59 Å². The molecule has 6 nitrogen and oxygen atoms in total. The second-order valence-electron chi connectivity index (χ2n) is 5.74. The van der Waals surface area contributed by atoms with E-state index in [0.717, 1.165) is 10.0 Å². The fraction of sp³-hybridized carbons (Fsp3) is 0.105. The Kier molecular flexibility index (Phi) is 5.18. The van der Waals surface area contributed by atoms with E-state index in [2.05, 4.69) is 15.9 Å². The lowest BCUT2D eigenvalue weighted by Gasteiger charge is -2.21. The van der Waals surface area contributed by atoms with Gasteiger partial charge in [0.1, 0.15) is 11.1 Å². The first kappa shape index (κ1) is 17.9. The highest BCUT2D eigenvalue weighted by Crippen LogP contribution is 2.16.